The van der Waals surface area contributed by atoms with Crippen LogP contribution in [-0.4, -0.2) is 22.6 Å². The lowest BCUT2D eigenvalue weighted by Gasteiger charge is -2.39. The molecule has 2 fully saturated rings. The van der Waals surface area contributed by atoms with Crippen LogP contribution in [0.25, 0.3) is 10.9 Å². The maximum Gasteiger partial charge on any atom is 0.149 e. The van der Waals surface area contributed by atoms with Crippen molar-refractivity contribution in [2.45, 2.75) is 46.1 Å². The van der Waals surface area contributed by atoms with E-state index >= 15 is 0 Å². The van der Waals surface area contributed by atoms with Crippen LogP contribution in [0.5, 0.6) is 0 Å². The van der Waals surface area contributed by atoms with E-state index in [-0.39, 0.29) is 5.82 Å². The quantitative estimate of drug-likeness (QED) is 0.791. The number of hydrogen-bond acceptors (Lipinski definition) is 3. The van der Waals surface area contributed by atoms with E-state index < -0.39 is 0 Å². The Balaban J connectivity index is 1.82. The van der Waals surface area contributed by atoms with Crippen molar-refractivity contribution >= 4 is 16.7 Å². The largest absolute Gasteiger partial charge is 0.352 e. The molecular formula is C18H22FN3. The smallest absolute Gasteiger partial charge is 0.149 e. The Kier molecular flexibility index (Phi) is 2.78. The Morgan fingerprint density at radius 2 is 2.00 bits per heavy atom. The van der Waals surface area contributed by atoms with Crippen LogP contribution in [-0.2, 0) is 0 Å². The summed E-state index contributed by atoms with van der Waals surface area (Å²) >= 11 is 0. The lowest BCUT2D eigenvalue weighted by Crippen LogP contribution is -2.35. The molecule has 22 heavy (non-hydrogen) atoms. The first kappa shape index (κ1) is 13.9. The molecule has 1 aliphatic carbocycles. The van der Waals surface area contributed by atoms with Gasteiger partial charge in [-0.05, 0) is 42.2 Å². The fourth-order valence-electron chi connectivity index (χ4n) is 4.97. The van der Waals surface area contributed by atoms with Gasteiger partial charge >= 0.3 is 0 Å². The molecule has 2 aliphatic rings. The van der Waals surface area contributed by atoms with E-state index in [1.165, 1.54) is 31.7 Å². The van der Waals surface area contributed by atoms with Crippen molar-refractivity contribution < 1.29 is 4.39 Å². The number of benzene rings is 1. The monoisotopic (exact) mass is 299 g/mol. The highest BCUT2D eigenvalue weighted by atomic mass is 19.1. The topological polar surface area (TPSA) is 29.0 Å². The van der Waals surface area contributed by atoms with Crippen LogP contribution in [0, 0.1) is 16.6 Å². The summed E-state index contributed by atoms with van der Waals surface area (Å²) in [5.41, 5.74) is 1.12. The molecule has 1 aromatic heterocycles. The van der Waals surface area contributed by atoms with Crippen molar-refractivity contribution in [2.75, 3.05) is 11.4 Å². The highest BCUT2D eigenvalue weighted by Gasteiger charge is 2.50. The number of hydrogen-bond donors (Lipinski definition) is 0. The van der Waals surface area contributed by atoms with Gasteiger partial charge in [-0.15, -0.1) is 0 Å². The van der Waals surface area contributed by atoms with Gasteiger partial charge in [0.15, 0.2) is 0 Å². The average molecular weight is 299 g/mol. The second-order valence-electron chi connectivity index (χ2n) is 8.17. The summed E-state index contributed by atoms with van der Waals surface area (Å²) in [7, 11) is 0. The zero-order chi connectivity index (χ0) is 15.5. The lowest BCUT2D eigenvalue weighted by atomic mass is 9.65. The normalized spacial score (nSPS) is 30.0. The molecule has 1 saturated heterocycles. The van der Waals surface area contributed by atoms with Gasteiger partial charge in [0.2, 0.25) is 0 Å². The van der Waals surface area contributed by atoms with Gasteiger partial charge in [-0.25, -0.2) is 14.4 Å². The van der Waals surface area contributed by atoms with Crippen LogP contribution in [0.2, 0.25) is 0 Å². The van der Waals surface area contributed by atoms with Crippen molar-refractivity contribution in [3.8, 4) is 0 Å². The summed E-state index contributed by atoms with van der Waals surface area (Å²) in [5, 5.41) is 0.830. The Morgan fingerprint density at radius 3 is 2.82 bits per heavy atom. The molecule has 1 aliphatic heterocycles. The summed E-state index contributed by atoms with van der Waals surface area (Å²) in [5.74, 6) is 0.630. The number of fused-ring (bicyclic) bond motifs is 3. The molecule has 2 bridgehead atoms. The summed E-state index contributed by atoms with van der Waals surface area (Å²) in [6.07, 6.45) is 5.11. The first-order valence-corrected chi connectivity index (χ1v) is 8.03. The first-order valence-electron chi connectivity index (χ1n) is 8.03. The third kappa shape index (κ3) is 2.08. The Morgan fingerprint density at radius 1 is 1.18 bits per heavy atom. The Bertz CT molecular complexity index is 742. The van der Waals surface area contributed by atoms with Crippen LogP contribution in [0.4, 0.5) is 10.2 Å². The predicted molar refractivity (Wildman–Crippen MR) is 86.4 cm³/mol. The predicted octanol–water partition coefficient (Wildman–Crippen LogP) is 4.17. The first-order chi connectivity index (χ1) is 10.4. The molecule has 2 atom stereocenters. The van der Waals surface area contributed by atoms with E-state index in [4.69, 9.17) is 0 Å². The third-order valence-corrected chi connectivity index (χ3v) is 5.28. The number of anilines is 1. The summed E-state index contributed by atoms with van der Waals surface area (Å²) in [4.78, 5) is 11.0. The highest BCUT2D eigenvalue weighted by molar-refractivity contribution is 5.90. The minimum atomic E-state index is -0.269. The zero-order valence-corrected chi connectivity index (χ0v) is 13.4. The number of para-hydroxylation sites is 1. The van der Waals surface area contributed by atoms with Crippen LogP contribution < -0.4 is 4.90 Å². The molecule has 0 radical (unpaired) electrons. The number of nitrogens with zero attached hydrogens (tertiary/aromatic N) is 3. The maximum atomic E-state index is 14.0. The fraction of sp³-hybridized carbons (Fsp3) is 0.556. The van der Waals surface area contributed by atoms with Crippen LogP contribution in [0.15, 0.2) is 24.5 Å². The molecular weight excluding hydrogens is 277 g/mol. The van der Waals surface area contributed by atoms with Crippen molar-refractivity contribution in [2.24, 2.45) is 10.8 Å². The SMILES string of the molecule is CC1(C)CC2CC(C)(CN2c2ncnc3c(F)cccc23)C1. The molecule has 0 N–H and O–H groups in total. The van der Waals surface area contributed by atoms with E-state index in [1.54, 1.807) is 6.07 Å². The lowest BCUT2D eigenvalue weighted by molar-refractivity contribution is 0.136. The summed E-state index contributed by atoms with van der Waals surface area (Å²) < 4.78 is 14.0. The van der Waals surface area contributed by atoms with Crippen molar-refractivity contribution in [3.63, 3.8) is 0 Å². The maximum absolute atomic E-state index is 14.0. The van der Waals surface area contributed by atoms with Gasteiger partial charge in [-0.1, -0.05) is 26.8 Å². The van der Waals surface area contributed by atoms with Gasteiger partial charge in [-0.3, -0.25) is 0 Å². The van der Waals surface area contributed by atoms with Gasteiger partial charge in [0.1, 0.15) is 23.5 Å². The number of rotatable bonds is 1. The number of aromatic nitrogens is 2. The second kappa shape index (κ2) is 4.40. The molecule has 0 amide bonds. The van der Waals surface area contributed by atoms with E-state index in [0.717, 1.165) is 17.7 Å². The molecule has 3 nitrogen and oxygen atoms in total. The molecule has 1 aromatic carbocycles. The second-order valence-corrected chi connectivity index (χ2v) is 8.17. The van der Waals surface area contributed by atoms with Gasteiger partial charge in [0, 0.05) is 18.0 Å². The van der Waals surface area contributed by atoms with Crippen molar-refractivity contribution in [1.29, 1.82) is 0 Å². The molecule has 0 spiro atoms. The number of halogens is 1. The standard InChI is InChI=1S/C18H22FN3/c1-17(2)7-12-8-18(3,9-17)10-22(12)16-13-5-4-6-14(19)15(13)20-11-21-16/h4-6,11-12H,7-10H2,1-3H3. The highest BCUT2D eigenvalue weighted by Crippen LogP contribution is 2.53. The molecule has 2 unspecified atom stereocenters. The van der Waals surface area contributed by atoms with Crippen LogP contribution in [0.3, 0.4) is 0 Å². The van der Waals surface area contributed by atoms with E-state index in [1.807, 2.05) is 6.07 Å². The molecule has 1 saturated carbocycles. The van der Waals surface area contributed by atoms with E-state index in [9.17, 15) is 4.39 Å². The zero-order valence-electron chi connectivity index (χ0n) is 13.4. The van der Waals surface area contributed by atoms with Gasteiger partial charge in [-0.2, -0.15) is 0 Å². The fourth-order valence-corrected chi connectivity index (χ4v) is 4.97. The minimum absolute atomic E-state index is 0.269. The van der Waals surface area contributed by atoms with Gasteiger partial charge < -0.3 is 4.90 Å². The molecule has 4 heteroatoms. The van der Waals surface area contributed by atoms with Crippen molar-refractivity contribution in [3.05, 3.63) is 30.3 Å². The summed E-state index contributed by atoms with van der Waals surface area (Å²) in [6.45, 7) is 8.10. The molecule has 116 valence electrons. The van der Waals surface area contributed by atoms with Gasteiger partial charge in [0.25, 0.3) is 0 Å². The third-order valence-electron chi connectivity index (χ3n) is 5.28. The van der Waals surface area contributed by atoms with E-state index in [0.29, 0.717) is 22.4 Å². The molecule has 2 heterocycles. The van der Waals surface area contributed by atoms with Crippen LogP contribution >= 0.6 is 0 Å². The average Bonchev–Trinajstić information content (AvgIpc) is 2.68. The van der Waals surface area contributed by atoms with Gasteiger partial charge in [0.05, 0.1) is 0 Å². The van der Waals surface area contributed by atoms with Crippen LogP contribution in [0.1, 0.15) is 40.0 Å². The molecule has 2 aromatic rings. The van der Waals surface area contributed by atoms with Crippen molar-refractivity contribution in [1.82, 2.24) is 9.97 Å². The Hall–Kier alpha value is -1.71. The molecule has 4 rings (SSSR count). The summed E-state index contributed by atoms with van der Waals surface area (Å²) in [6, 6.07) is 5.64. The Labute approximate surface area is 130 Å². The minimum Gasteiger partial charge on any atom is -0.352 e. The van der Waals surface area contributed by atoms with E-state index in [2.05, 4.69) is 35.6 Å².